The number of halogens is 2. The van der Waals surface area contributed by atoms with Crippen LogP contribution >= 0.6 is 11.3 Å². The number of anilines is 1. The van der Waals surface area contributed by atoms with Crippen molar-refractivity contribution in [1.82, 2.24) is 4.98 Å². The molecule has 0 bridgehead atoms. The lowest BCUT2D eigenvalue weighted by Gasteiger charge is -2.04. The zero-order valence-electron chi connectivity index (χ0n) is 9.55. The summed E-state index contributed by atoms with van der Waals surface area (Å²) < 4.78 is 25.7. The summed E-state index contributed by atoms with van der Waals surface area (Å²) >= 11 is 1.60. The third kappa shape index (κ3) is 2.79. The number of nitrogens with one attached hydrogen (secondary N) is 1. The second kappa shape index (κ2) is 4.79. The van der Waals surface area contributed by atoms with Crippen LogP contribution in [-0.4, -0.2) is 4.98 Å². The Labute approximate surface area is 102 Å². The van der Waals surface area contributed by atoms with Gasteiger partial charge in [0.25, 0.3) is 0 Å². The van der Waals surface area contributed by atoms with Crippen molar-refractivity contribution in [2.24, 2.45) is 0 Å². The van der Waals surface area contributed by atoms with Crippen LogP contribution in [0.2, 0.25) is 0 Å². The summed E-state index contributed by atoms with van der Waals surface area (Å²) in [6, 6.07) is 3.75. The molecule has 1 aromatic heterocycles. The van der Waals surface area contributed by atoms with E-state index in [-0.39, 0.29) is 0 Å². The molecule has 0 saturated heterocycles. The lowest BCUT2D eigenvalue weighted by atomic mass is 10.3. The van der Waals surface area contributed by atoms with Crippen molar-refractivity contribution in [3.63, 3.8) is 0 Å². The quantitative estimate of drug-likeness (QED) is 0.904. The van der Waals surface area contributed by atoms with Crippen molar-refractivity contribution in [2.45, 2.75) is 20.4 Å². The molecule has 0 spiro atoms. The van der Waals surface area contributed by atoms with Gasteiger partial charge >= 0.3 is 0 Å². The molecule has 0 radical (unpaired) electrons. The van der Waals surface area contributed by atoms with Gasteiger partial charge in [-0.05, 0) is 26.0 Å². The Hall–Kier alpha value is -1.49. The van der Waals surface area contributed by atoms with Crippen molar-refractivity contribution in [2.75, 3.05) is 5.32 Å². The average Bonchev–Trinajstić information content (AvgIpc) is 2.60. The molecule has 0 atom stereocenters. The van der Waals surface area contributed by atoms with Crippen molar-refractivity contribution >= 4 is 17.0 Å². The van der Waals surface area contributed by atoms with E-state index < -0.39 is 11.6 Å². The maximum Gasteiger partial charge on any atom is 0.160 e. The van der Waals surface area contributed by atoms with E-state index in [1.165, 1.54) is 10.9 Å². The molecule has 0 aliphatic heterocycles. The van der Waals surface area contributed by atoms with E-state index in [0.29, 0.717) is 12.2 Å². The van der Waals surface area contributed by atoms with Gasteiger partial charge in [0.1, 0.15) is 5.01 Å². The summed E-state index contributed by atoms with van der Waals surface area (Å²) in [6.45, 7) is 4.48. The molecule has 2 nitrogen and oxygen atoms in total. The average molecular weight is 254 g/mol. The monoisotopic (exact) mass is 254 g/mol. The summed E-state index contributed by atoms with van der Waals surface area (Å²) in [5, 5.41) is 3.95. The first kappa shape index (κ1) is 12.0. The van der Waals surface area contributed by atoms with Gasteiger partial charge in [0, 0.05) is 16.6 Å². The molecule has 0 unspecified atom stereocenters. The van der Waals surface area contributed by atoms with E-state index in [9.17, 15) is 8.78 Å². The first-order chi connectivity index (χ1) is 8.06. The molecule has 1 N–H and O–H groups in total. The highest BCUT2D eigenvalue weighted by Crippen LogP contribution is 2.19. The summed E-state index contributed by atoms with van der Waals surface area (Å²) in [5.41, 5.74) is 1.56. The van der Waals surface area contributed by atoms with Crippen LogP contribution in [0.15, 0.2) is 18.2 Å². The van der Waals surface area contributed by atoms with Gasteiger partial charge in [0.05, 0.1) is 12.2 Å². The zero-order valence-corrected chi connectivity index (χ0v) is 10.4. The van der Waals surface area contributed by atoms with Gasteiger partial charge in [0.2, 0.25) is 0 Å². The summed E-state index contributed by atoms with van der Waals surface area (Å²) in [4.78, 5) is 5.53. The standard InChI is InChI=1S/C12H12F2N2S/c1-7-8(2)17-12(16-7)6-15-9-3-4-10(13)11(14)5-9/h3-5,15H,6H2,1-2H3. The predicted molar refractivity (Wildman–Crippen MR) is 65.3 cm³/mol. The largest absolute Gasteiger partial charge is 0.378 e. The Morgan fingerprint density at radius 3 is 2.59 bits per heavy atom. The summed E-state index contributed by atoms with van der Waals surface area (Å²) in [5.74, 6) is -1.68. The molecular weight excluding hydrogens is 242 g/mol. The van der Waals surface area contributed by atoms with Crippen LogP contribution in [0, 0.1) is 25.5 Å². The highest BCUT2D eigenvalue weighted by molar-refractivity contribution is 7.11. The molecule has 0 fully saturated rings. The van der Waals surface area contributed by atoms with E-state index in [2.05, 4.69) is 10.3 Å². The van der Waals surface area contributed by atoms with Gasteiger partial charge in [-0.3, -0.25) is 0 Å². The van der Waals surface area contributed by atoms with Crippen LogP contribution in [0.5, 0.6) is 0 Å². The first-order valence-corrected chi connectivity index (χ1v) is 6.00. The third-order valence-electron chi connectivity index (χ3n) is 2.44. The summed E-state index contributed by atoms with van der Waals surface area (Å²) in [7, 11) is 0. The van der Waals surface area contributed by atoms with Crippen LogP contribution in [0.25, 0.3) is 0 Å². The zero-order chi connectivity index (χ0) is 12.4. The van der Waals surface area contributed by atoms with E-state index in [1.807, 2.05) is 13.8 Å². The fraction of sp³-hybridized carbons (Fsp3) is 0.250. The van der Waals surface area contributed by atoms with Crippen molar-refractivity contribution in [1.29, 1.82) is 0 Å². The molecule has 0 amide bonds. The van der Waals surface area contributed by atoms with E-state index in [4.69, 9.17) is 0 Å². The van der Waals surface area contributed by atoms with Gasteiger partial charge in [0.15, 0.2) is 11.6 Å². The number of hydrogen-bond donors (Lipinski definition) is 1. The third-order valence-corrected chi connectivity index (χ3v) is 3.51. The highest BCUT2D eigenvalue weighted by atomic mass is 32.1. The lowest BCUT2D eigenvalue weighted by Crippen LogP contribution is -1.99. The molecule has 2 aromatic rings. The molecule has 1 aromatic carbocycles. The van der Waals surface area contributed by atoms with Gasteiger partial charge in [-0.1, -0.05) is 0 Å². The fourth-order valence-corrected chi connectivity index (χ4v) is 2.27. The molecule has 2 rings (SSSR count). The van der Waals surface area contributed by atoms with Crippen molar-refractivity contribution < 1.29 is 8.78 Å². The van der Waals surface area contributed by atoms with Gasteiger partial charge in [-0.15, -0.1) is 11.3 Å². The van der Waals surface area contributed by atoms with Gasteiger partial charge in [-0.2, -0.15) is 0 Å². The first-order valence-electron chi connectivity index (χ1n) is 5.18. The van der Waals surface area contributed by atoms with Crippen LogP contribution in [-0.2, 0) is 6.54 Å². The SMILES string of the molecule is Cc1nc(CNc2ccc(F)c(F)c2)sc1C. The minimum absolute atomic E-state index is 0.518. The van der Waals surface area contributed by atoms with Crippen molar-refractivity contribution in [3.05, 3.63) is 45.4 Å². The molecule has 17 heavy (non-hydrogen) atoms. The molecule has 90 valence electrons. The lowest BCUT2D eigenvalue weighted by molar-refractivity contribution is 0.509. The van der Waals surface area contributed by atoms with Crippen LogP contribution in [0.3, 0.4) is 0 Å². The molecule has 0 aliphatic carbocycles. The number of hydrogen-bond acceptors (Lipinski definition) is 3. The highest BCUT2D eigenvalue weighted by Gasteiger charge is 2.05. The van der Waals surface area contributed by atoms with Gasteiger partial charge < -0.3 is 5.32 Å². The maximum absolute atomic E-state index is 12.9. The minimum Gasteiger partial charge on any atom is -0.378 e. The van der Waals surface area contributed by atoms with Crippen molar-refractivity contribution in [3.8, 4) is 0 Å². The second-order valence-corrected chi connectivity index (χ2v) is 5.02. The molecule has 0 saturated carbocycles. The number of aryl methyl sites for hydroxylation is 2. The van der Waals surface area contributed by atoms with E-state index in [1.54, 1.807) is 11.3 Å². The topological polar surface area (TPSA) is 24.9 Å². The Balaban J connectivity index is 2.04. The van der Waals surface area contributed by atoms with Crippen LogP contribution in [0.4, 0.5) is 14.5 Å². The number of aromatic nitrogens is 1. The number of thiazole rings is 1. The molecule has 5 heteroatoms. The van der Waals surface area contributed by atoms with Gasteiger partial charge in [-0.25, -0.2) is 13.8 Å². The Morgan fingerprint density at radius 2 is 2.00 bits per heavy atom. The van der Waals surface area contributed by atoms with E-state index >= 15 is 0 Å². The summed E-state index contributed by atoms with van der Waals surface area (Å²) in [6.07, 6.45) is 0. The number of nitrogens with zero attached hydrogens (tertiary/aromatic N) is 1. The minimum atomic E-state index is -0.846. The number of benzene rings is 1. The Kier molecular flexibility index (Phi) is 3.38. The van der Waals surface area contributed by atoms with Crippen LogP contribution < -0.4 is 5.32 Å². The molecule has 1 heterocycles. The number of rotatable bonds is 3. The normalized spacial score (nSPS) is 10.6. The molecular formula is C12H12F2N2S. The second-order valence-electron chi connectivity index (χ2n) is 3.73. The Bertz CT molecular complexity index is 518. The van der Waals surface area contributed by atoms with Crippen LogP contribution in [0.1, 0.15) is 15.6 Å². The van der Waals surface area contributed by atoms with E-state index in [0.717, 1.165) is 22.8 Å². The maximum atomic E-state index is 12.9. The smallest absolute Gasteiger partial charge is 0.160 e. The Morgan fingerprint density at radius 1 is 1.24 bits per heavy atom. The predicted octanol–water partition coefficient (Wildman–Crippen LogP) is 3.65. The fourth-order valence-electron chi connectivity index (χ4n) is 1.40. The molecule has 0 aliphatic rings.